The van der Waals surface area contributed by atoms with Crippen molar-refractivity contribution in [3.8, 4) is 17.2 Å². The number of piperidine rings is 1. The monoisotopic (exact) mass is 465 g/mol. The quantitative estimate of drug-likeness (QED) is 0.458. The second-order valence-electron chi connectivity index (χ2n) is 8.83. The third-order valence-corrected chi connectivity index (χ3v) is 6.31. The molecule has 3 aromatic rings. The van der Waals surface area contributed by atoms with Crippen molar-refractivity contribution in [2.24, 2.45) is 0 Å². The van der Waals surface area contributed by atoms with Gasteiger partial charge in [0.2, 0.25) is 11.2 Å². The van der Waals surface area contributed by atoms with Crippen molar-refractivity contribution < 1.29 is 23.8 Å². The minimum absolute atomic E-state index is 0.0804. The second-order valence-corrected chi connectivity index (χ2v) is 8.83. The van der Waals surface area contributed by atoms with Gasteiger partial charge in [-0.1, -0.05) is 13.3 Å². The lowest BCUT2D eigenvalue weighted by Gasteiger charge is -2.33. The van der Waals surface area contributed by atoms with Gasteiger partial charge in [-0.2, -0.15) is 0 Å². The maximum atomic E-state index is 13.3. The number of benzene rings is 2. The molecular weight excluding hydrogens is 434 g/mol. The highest BCUT2D eigenvalue weighted by Gasteiger charge is 2.23. The van der Waals surface area contributed by atoms with Crippen LogP contribution < -0.4 is 10.2 Å². The predicted molar refractivity (Wildman–Crippen MR) is 130 cm³/mol. The van der Waals surface area contributed by atoms with Crippen LogP contribution in [0.5, 0.6) is 17.2 Å². The van der Waals surface area contributed by atoms with E-state index < -0.39 is 5.97 Å². The van der Waals surface area contributed by atoms with Gasteiger partial charge >= 0.3 is 5.97 Å². The largest absolute Gasteiger partial charge is 0.507 e. The molecule has 7 nitrogen and oxygen atoms in total. The van der Waals surface area contributed by atoms with Crippen molar-refractivity contribution >= 4 is 16.9 Å². The number of phenolic OH excluding ortho intramolecular Hbond substituents is 1. The number of esters is 1. The maximum Gasteiger partial charge on any atom is 0.338 e. The number of rotatable bonds is 7. The van der Waals surface area contributed by atoms with Crippen LogP contribution in [0.3, 0.4) is 0 Å². The summed E-state index contributed by atoms with van der Waals surface area (Å²) in [5.41, 5.74) is 1.11. The highest BCUT2D eigenvalue weighted by molar-refractivity contribution is 5.89. The zero-order valence-corrected chi connectivity index (χ0v) is 19.9. The summed E-state index contributed by atoms with van der Waals surface area (Å²) < 4.78 is 17.1. The Morgan fingerprint density at radius 3 is 2.65 bits per heavy atom. The molecule has 34 heavy (non-hydrogen) atoms. The molecule has 0 saturated carbocycles. The highest BCUT2D eigenvalue weighted by Crippen LogP contribution is 2.33. The molecule has 0 amide bonds. The van der Waals surface area contributed by atoms with Gasteiger partial charge in [0.1, 0.15) is 22.8 Å². The van der Waals surface area contributed by atoms with Crippen LogP contribution in [0.25, 0.3) is 11.0 Å². The third kappa shape index (κ3) is 4.94. The fourth-order valence-electron chi connectivity index (χ4n) is 4.32. The summed E-state index contributed by atoms with van der Waals surface area (Å²) in [5, 5.41) is 10.9. The molecule has 1 N–H and O–H groups in total. The third-order valence-electron chi connectivity index (χ3n) is 6.31. The molecular formula is C27H31NO6. The number of phenols is 1. The van der Waals surface area contributed by atoms with E-state index in [9.17, 15) is 14.7 Å². The molecule has 0 spiro atoms. The van der Waals surface area contributed by atoms with Gasteiger partial charge in [-0.15, -0.1) is 0 Å². The van der Waals surface area contributed by atoms with Crippen LogP contribution in [-0.4, -0.2) is 35.2 Å². The van der Waals surface area contributed by atoms with Gasteiger partial charge in [-0.05, 0) is 76.1 Å². The van der Waals surface area contributed by atoms with Crippen molar-refractivity contribution in [3.63, 3.8) is 0 Å². The number of hydrogen-bond donors (Lipinski definition) is 1. The zero-order valence-electron chi connectivity index (χ0n) is 19.9. The van der Waals surface area contributed by atoms with Gasteiger partial charge in [0, 0.05) is 12.6 Å². The molecule has 1 atom stereocenters. The van der Waals surface area contributed by atoms with E-state index in [4.69, 9.17) is 13.9 Å². The van der Waals surface area contributed by atoms with E-state index in [1.807, 2.05) is 6.92 Å². The van der Waals surface area contributed by atoms with Gasteiger partial charge in [0.05, 0.1) is 23.1 Å². The van der Waals surface area contributed by atoms with E-state index in [0.717, 1.165) is 25.8 Å². The molecule has 0 aliphatic carbocycles. The normalized spacial score (nSPS) is 16.5. The Morgan fingerprint density at radius 2 is 1.94 bits per heavy atom. The van der Waals surface area contributed by atoms with Crippen molar-refractivity contribution in [2.45, 2.75) is 59.0 Å². The molecule has 180 valence electrons. The number of carbonyl (C=O) groups is 1. The average Bonchev–Trinajstić information content (AvgIpc) is 2.83. The maximum absolute atomic E-state index is 13.3. The lowest BCUT2D eigenvalue weighted by atomic mass is 10.0. The van der Waals surface area contributed by atoms with Crippen molar-refractivity contribution in [1.29, 1.82) is 0 Å². The van der Waals surface area contributed by atoms with E-state index in [-0.39, 0.29) is 16.9 Å². The van der Waals surface area contributed by atoms with Crippen LogP contribution >= 0.6 is 0 Å². The van der Waals surface area contributed by atoms with Crippen molar-refractivity contribution in [3.05, 3.63) is 63.5 Å². The number of aryl methyl sites for hydroxylation is 1. The average molecular weight is 466 g/mol. The fourth-order valence-corrected chi connectivity index (χ4v) is 4.32. The number of ether oxygens (including phenoxy) is 2. The summed E-state index contributed by atoms with van der Waals surface area (Å²) in [4.78, 5) is 27.6. The molecule has 0 unspecified atom stereocenters. The highest BCUT2D eigenvalue weighted by atomic mass is 16.5. The van der Waals surface area contributed by atoms with Crippen molar-refractivity contribution in [2.75, 3.05) is 13.2 Å². The van der Waals surface area contributed by atoms with Crippen molar-refractivity contribution in [1.82, 2.24) is 4.90 Å². The lowest BCUT2D eigenvalue weighted by Crippen LogP contribution is -2.36. The molecule has 0 radical (unpaired) electrons. The standard InChI is InChI=1S/C27H31NO6/c1-4-15-32-27(31)19-8-10-20(11-9-19)34-25-18(3)33-26-21(24(25)30)12-13-23(29)22(26)16-28-14-6-5-7-17(28)2/h8-13,17,29H,4-7,14-16H2,1-3H3/t17-/m0/s1. The molecule has 2 heterocycles. The Morgan fingerprint density at radius 1 is 1.18 bits per heavy atom. The molecule has 1 aliphatic rings. The first-order valence-corrected chi connectivity index (χ1v) is 11.9. The first kappa shape index (κ1) is 23.8. The topological polar surface area (TPSA) is 89.2 Å². The molecule has 1 saturated heterocycles. The van der Waals surface area contributed by atoms with Gasteiger partial charge in [0.15, 0.2) is 0 Å². The van der Waals surface area contributed by atoms with E-state index in [2.05, 4.69) is 11.8 Å². The number of aromatic hydroxyl groups is 1. The Labute approximate surface area is 198 Å². The van der Waals surface area contributed by atoms with Gasteiger partial charge < -0.3 is 19.0 Å². The number of nitrogens with zero attached hydrogens (tertiary/aromatic N) is 1. The van der Waals surface area contributed by atoms with E-state index >= 15 is 0 Å². The van der Waals surface area contributed by atoms with Crippen LogP contribution in [0, 0.1) is 6.92 Å². The Hall–Kier alpha value is -3.32. The summed E-state index contributed by atoms with van der Waals surface area (Å²) in [6.07, 6.45) is 4.18. The first-order chi connectivity index (χ1) is 16.4. The summed E-state index contributed by atoms with van der Waals surface area (Å²) in [6.45, 7) is 7.61. The number of hydrogen-bond acceptors (Lipinski definition) is 7. The summed E-state index contributed by atoms with van der Waals surface area (Å²) >= 11 is 0. The van der Waals surface area contributed by atoms with E-state index in [1.165, 1.54) is 6.42 Å². The Balaban J connectivity index is 1.63. The van der Waals surface area contributed by atoms with E-state index in [1.54, 1.807) is 43.3 Å². The molecule has 1 aliphatic heterocycles. The van der Waals surface area contributed by atoms with Crippen LogP contribution in [0.1, 0.15) is 61.2 Å². The van der Waals surface area contributed by atoms with Gasteiger partial charge in [-0.25, -0.2) is 4.79 Å². The molecule has 2 aromatic carbocycles. The van der Waals surface area contributed by atoms with Gasteiger partial charge in [-0.3, -0.25) is 9.69 Å². The first-order valence-electron chi connectivity index (χ1n) is 11.9. The van der Waals surface area contributed by atoms with E-state index in [0.29, 0.717) is 52.8 Å². The minimum atomic E-state index is -0.398. The van der Waals surface area contributed by atoms with Crippen LogP contribution in [0.15, 0.2) is 45.6 Å². The molecule has 0 bridgehead atoms. The fraction of sp³-hybridized carbons (Fsp3) is 0.407. The zero-order chi connectivity index (χ0) is 24.2. The molecule has 1 aromatic heterocycles. The summed E-state index contributed by atoms with van der Waals surface area (Å²) in [5.74, 6) is 0.527. The number of fused-ring (bicyclic) bond motifs is 1. The summed E-state index contributed by atoms with van der Waals surface area (Å²) in [7, 11) is 0. The molecule has 4 rings (SSSR count). The number of likely N-dealkylation sites (tertiary alicyclic amines) is 1. The predicted octanol–water partition coefficient (Wildman–Crippen LogP) is 5.54. The molecule has 7 heteroatoms. The number of carbonyl (C=O) groups excluding carboxylic acids is 1. The summed E-state index contributed by atoms with van der Waals surface area (Å²) in [6, 6.07) is 9.94. The van der Waals surface area contributed by atoms with Gasteiger partial charge in [0.25, 0.3) is 0 Å². The van der Waals surface area contributed by atoms with Crippen LogP contribution in [0.2, 0.25) is 0 Å². The van der Waals surface area contributed by atoms with Crippen LogP contribution in [0.4, 0.5) is 0 Å². The lowest BCUT2D eigenvalue weighted by molar-refractivity contribution is 0.0505. The SMILES string of the molecule is CCCOC(=O)c1ccc(Oc2c(C)oc3c(CN4CCCC[C@@H]4C)c(O)ccc3c2=O)cc1. The minimum Gasteiger partial charge on any atom is -0.507 e. The van der Waals surface area contributed by atoms with Crippen LogP contribution in [-0.2, 0) is 11.3 Å². The molecule has 1 fully saturated rings. The Bertz CT molecular complexity index is 1230. The smallest absolute Gasteiger partial charge is 0.338 e. The Kier molecular flexibility index (Phi) is 7.22. The second kappa shape index (κ2) is 10.3.